The first-order chi connectivity index (χ1) is 10.4. The smallest absolute Gasteiger partial charge is 0.257 e. The molecule has 0 radical (unpaired) electrons. The van der Waals surface area contributed by atoms with E-state index in [1.54, 1.807) is 0 Å². The van der Waals surface area contributed by atoms with Crippen molar-refractivity contribution in [2.24, 2.45) is 5.92 Å². The van der Waals surface area contributed by atoms with Crippen molar-refractivity contribution in [3.63, 3.8) is 0 Å². The molecule has 2 aliphatic rings. The lowest BCUT2D eigenvalue weighted by Crippen LogP contribution is -2.35. The van der Waals surface area contributed by atoms with E-state index in [1.165, 1.54) is 0 Å². The molecule has 0 bridgehead atoms. The second-order valence-corrected chi connectivity index (χ2v) is 8.64. The summed E-state index contributed by atoms with van der Waals surface area (Å²) in [5, 5.41) is 0. The quantitative estimate of drug-likeness (QED) is 0.796. The lowest BCUT2D eigenvalue weighted by atomic mass is 9.86. The van der Waals surface area contributed by atoms with Gasteiger partial charge in [-0.1, -0.05) is 32.9 Å². The van der Waals surface area contributed by atoms with Crippen molar-refractivity contribution in [3.8, 4) is 5.75 Å². The van der Waals surface area contributed by atoms with Gasteiger partial charge in [0.05, 0.1) is 12.2 Å². The molecule has 0 aliphatic carbocycles. The minimum atomic E-state index is -0.818. The first kappa shape index (κ1) is 15.5. The minimum absolute atomic E-state index is 0.000278. The predicted octanol–water partition coefficient (Wildman–Crippen LogP) is 2.20. The molecular weight excluding hydrogens is 298 g/mol. The molecule has 1 aromatic carbocycles. The molecule has 2 heterocycles. The van der Waals surface area contributed by atoms with Gasteiger partial charge in [-0.05, 0) is 12.0 Å². The fourth-order valence-corrected chi connectivity index (χ4v) is 4.54. The van der Waals surface area contributed by atoms with Crippen LogP contribution in [0, 0.1) is 5.92 Å². The zero-order chi connectivity index (χ0) is 15.9. The van der Waals surface area contributed by atoms with E-state index in [0.29, 0.717) is 36.8 Å². The normalized spacial score (nSPS) is 27.0. The molecule has 0 spiro atoms. The number of rotatable bonds is 1. The van der Waals surface area contributed by atoms with Gasteiger partial charge in [0.15, 0.2) is 0 Å². The van der Waals surface area contributed by atoms with Gasteiger partial charge in [0.1, 0.15) is 5.75 Å². The molecule has 2 atom stereocenters. The summed E-state index contributed by atoms with van der Waals surface area (Å²) in [5.41, 5.74) is 1.69. The lowest BCUT2D eigenvalue weighted by molar-refractivity contribution is 0.0748. The fourth-order valence-electron chi connectivity index (χ4n) is 3.21. The van der Waals surface area contributed by atoms with Crippen LogP contribution in [0.2, 0.25) is 0 Å². The van der Waals surface area contributed by atoms with Crippen LogP contribution in [0.25, 0.3) is 0 Å². The number of fused-ring (bicyclic) bond motifs is 1. The maximum Gasteiger partial charge on any atom is 0.257 e. The lowest BCUT2D eigenvalue weighted by Gasteiger charge is -2.23. The molecule has 2 aliphatic heterocycles. The molecule has 5 heteroatoms. The SMILES string of the molecule is C[C@H]1CN(C(=O)c2cccc3c2OCC3(C)C)CC[S@](=O)C1. The van der Waals surface area contributed by atoms with Crippen molar-refractivity contribution in [2.45, 2.75) is 26.2 Å². The largest absolute Gasteiger partial charge is 0.492 e. The topological polar surface area (TPSA) is 46.6 Å². The molecule has 4 nitrogen and oxygen atoms in total. The average Bonchev–Trinajstić information content (AvgIpc) is 2.67. The van der Waals surface area contributed by atoms with E-state index in [0.717, 1.165) is 11.3 Å². The van der Waals surface area contributed by atoms with Crippen LogP contribution in [0.3, 0.4) is 0 Å². The summed E-state index contributed by atoms with van der Waals surface area (Å²) in [6, 6.07) is 5.82. The fraction of sp³-hybridized carbons (Fsp3) is 0.588. The van der Waals surface area contributed by atoms with Crippen molar-refractivity contribution >= 4 is 16.7 Å². The Kier molecular flexibility index (Phi) is 4.02. The third kappa shape index (κ3) is 2.78. The number of carbonyl (C=O) groups excluding carboxylic acids is 1. The van der Waals surface area contributed by atoms with Gasteiger partial charge in [0.2, 0.25) is 0 Å². The second kappa shape index (κ2) is 5.69. The third-order valence-electron chi connectivity index (χ3n) is 4.43. The Hall–Kier alpha value is -1.36. The molecular formula is C17H23NO3S. The number of amides is 1. The third-order valence-corrected chi connectivity index (χ3v) is 6.01. The number of carbonyl (C=O) groups is 1. The highest BCUT2D eigenvalue weighted by molar-refractivity contribution is 7.85. The number of hydrogen-bond donors (Lipinski definition) is 0. The molecule has 3 rings (SSSR count). The van der Waals surface area contributed by atoms with E-state index in [4.69, 9.17) is 4.74 Å². The summed E-state index contributed by atoms with van der Waals surface area (Å²) in [4.78, 5) is 14.8. The minimum Gasteiger partial charge on any atom is -0.492 e. The number of para-hydroxylation sites is 1. The van der Waals surface area contributed by atoms with Gasteiger partial charge in [-0.25, -0.2) is 0 Å². The predicted molar refractivity (Wildman–Crippen MR) is 87.9 cm³/mol. The number of benzene rings is 1. The second-order valence-electron chi connectivity index (χ2n) is 7.02. The first-order valence-electron chi connectivity index (χ1n) is 7.79. The average molecular weight is 321 g/mol. The van der Waals surface area contributed by atoms with Gasteiger partial charge in [-0.15, -0.1) is 0 Å². The van der Waals surface area contributed by atoms with Crippen LogP contribution in [0.15, 0.2) is 18.2 Å². The van der Waals surface area contributed by atoms with E-state index in [9.17, 15) is 9.00 Å². The number of nitrogens with zero attached hydrogens (tertiary/aromatic N) is 1. The summed E-state index contributed by atoms with van der Waals surface area (Å²) < 4.78 is 17.6. The van der Waals surface area contributed by atoms with Crippen LogP contribution in [-0.4, -0.2) is 46.2 Å². The zero-order valence-electron chi connectivity index (χ0n) is 13.4. The Labute approximate surface area is 134 Å². The van der Waals surface area contributed by atoms with Crippen molar-refractivity contribution in [2.75, 3.05) is 31.2 Å². The molecule has 0 saturated carbocycles. The summed E-state index contributed by atoms with van der Waals surface area (Å²) in [5.74, 6) is 2.25. The molecule has 0 N–H and O–H groups in total. The molecule has 1 saturated heterocycles. The van der Waals surface area contributed by atoms with Gasteiger partial charge in [-0.3, -0.25) is 9.00 Å². The highest BCUT2D eigenvalue weighted by Crippen LogP contribution is 2.40. The Morgan fingerprint density at radius 1 is 1.41 bits per heavy atom. The highest BCUT2D eigenvalue weighted by atomic mass is 32.2. The van der Waals surface area contributed by atoms with E-state index in [-0.39, 0.29) is 17.2 Å². The van der Waals surface area contributed by atoms with Crippen LogP contribution in [0.4, 0.5) is 0 Å². The Morgan fingerprint density at radius 3 is 2.95 bits per heavy atom. The monoisotopic (exact) mass is 321 g/mol. The van der Waals surface area contributed by atoms with Crippen molar-refractivity contribution in [3.05, 3.63) is 29.3 Å². The Bertz CT molecular complexity index is 626. The van der Waals surface area contributed by atoms with E-state index in [2.05, 4.69) is 20.8 Å². The maximum atomic E-state index is 12.9. The van der Waals surface area contributed by atoms with Crippen LogP contribution in [-0.2, 0) is 16.2 Å². The van der Waals surface area contributed by atoms with E-state index < -0.39 is 10.8 Å². The van der Waals surface area contributed by atoms with Gasteiger partial charge < -0.3 is 9.64 Å². The molecule has 1 fully saturated rings. The highest BCUT2D eigenvalue weighted by Gasteiger charge is 2.35. The van der Waals surface area contributed by atoms with Gasteiger partial charge >= 0.3 is 0 Å². The van der Waals surface area contributed by atoms with Gasteiger partial charge in [-0.2, -0.15) is 0 Å². The maximum absolute atomic E-state index is 12.9. The molecule has 1 aromatic rings. The first-order valence-corrected chi connectivity index (χ1v) is 9.28. The summed E-state index contributed by atoms with van der Waals surface area (Å²) in [6.45, 7) is 8.14. The summed E-state index contributed by atoms with van der Waals surface area (Å²) in [6.07, 6.45) is 0. The Balaban J connectivity index is 1.90. The molecule has 120 valence electrons. The Morgan fingerprint density at radius 2 is 2.18 bits per heavy atom. The molecule has 1 amide bonds. The molecule has 22 heavy (non-hydrogen) atoms. The van der Waals surface area contributed by atoms with Crippen molar-refractivity contribution in [1.29, 1.82) is 0 Å². The van der Waals surface area contributed by atoms with Crippen LogP contribution < -0.4 is 4.74 Å². The molecule has 0 unspecified atom stereocenters. The standard InChI is InChI=1S/C17H23NO3S/c1-12-9-18(7-8-22(20)10-12)16(19)13-5-4-6-14-15(13)21-11-17(14,2)3/h4-6,12H,7-11H2,1-3H3/t12-,22-/m0/s1. The van der Waals surface area contributed by atoms with Crippen LogP contribution >= 0.6 is 0 Å². The summed E-state index contributed by atoms with van der Waals surface area (Å²) >= 11 is 0. The number of hydrogen-bond acceptors (Lipinski definition) is 3. The summed E-state index contributed by atoms with van der Waals surface area (Å²) in [7, 11) is -0.818. The van der Waals surface area contributed by atoms with Crippen LogP contribution in [0.1, 0.15) is 36.7 Å². The van der Waals surface area contributed by atoms with Gasteiger partial charge in [0, 0.05) is 46.4 Å². The molecule has 0 aromatic heterocycles. The van der Waals surface area contributed by atoms with Crippen molar-refractivity contribution < 1.29 is 13.7 Å². The van der Waals surface area contributed by atoms with E-state index >= 15 is 0 Å². The van der Waals surface area contributed by atoms with E-state index in [1.807, 2.05) is 23.1 Å². The van der Waals surface area contributed by atoms with Crippen molar-refractivity contribution in [1.82, 2.24) is 4.90 Å². The van der Waals surface area contributed by atoms with Crippen LogP contribution in [0.5, 0.6) is 5.75 Å². The zero-order valence-corrected chi connectivity index (χ0v) is 14.2. The number of ether oxygens (including phenoxy) is 1. The van der Waals surface area contributed by atoms with Gasteiger partial charge in [0.25, 0.3) is 5.91 Å².